The first-order chi connectivity index (χ1) is 9.73. The molecule has 4 nitrogen and oxygen atoms in total. The molecule has 1 aliphatic heterocycles. The molecule has 4 heteroatoms. The molecule has 0 aliphatic carbocycles. The van der Waals surface area contributed by atoms with Gasteiger partial charge in [0.15, 0.2) is 11.5 Å². The van der Waals surface area contributed by atoms with E-state index in [0.717, 1.165) is 30.5 Å². The molecule has 2 rings (SSSR count). The maximum Gasteiger partial charge on any atom is 0.161 e. The van der Waals surface area contributed by atoms with E-state index in [4.69, 9.17) is 15.2 Å². The Morgan fingerprint density at radius 1 is 1.30 bits per heavy atom. The Morgan fingerprint density at radius 3 is 2.60 bits per heavy atom. The van der Waals surface area contributed by atoms with Crippen LogP contribution in [0.1, 0.15) is 31.4 Å². The highest BCUT2D eigenvalue weighted by Gasteiger charge is 2.27. The summed E-state index contributed by atoms with van der Waals surface area (Å²) in [6.07, 6.45) is 2.53. The molecule has 1 aliphatic rings. The first kappa shape index (κ1) is 15.1. The Kier molecular flexibility index (Phi) is 5.26. The fourth-order valence-electron chi connectivity index (χ4n) is 3.03. The van der Waals surface area contributed by atoms with Crippen molar-refractivity contribution in [2.45, 2.75) is 25.8 Å². The summed E-state index contributed by atoms with van der Waals surface area (Å²) < 4.78 is 10.7. The third kappa shape index (κ3) is 3.07. The van der Waals surface area contributed by atoms with Crippen LogP contribution in [0.15, 0.2) is 18.2 Å². The molecule has 1 saturated heterocycles. The van der Waals surface area contributed by atoms with Crippen LogP contribution in [0.4, 0.5) is 0 Å². The average Bonchev–Trinajstić information content (AvgIpc) is 2.96. The monoisotopic (exact) mass is 278 g/mol. The Labute approximate surface area is 121 Å². The van der Waals surface area contributed by atoms with Crippen molar-refractivity contribution >= 4 is 0 Å². The average molecular weight is 278 g/mol. The third-order valence-electron chi connectivity index (χ3n) is 4.35. The SMILES string of the molecule is CCC1CCN(C(CN)c2ccc(OC)c(OC)c2)C1. The highest BCUT2D eigenvalue weighted by Crippen LogP contribution is 2.34. The normalized spacial score (nSPS) is 20.9. The van der Waals surface area contributed by atoms with Crippen LogP contribution in [0, 0.1) is 5.92 Å². The Balaban J connectivity index is 2.19. The second-order valence-corrected chi connectivity index (χ2v) is 5.42. The maximum absolute atomic E-state index is 6.02. The molecule has 0 amide bonds. The topological polar surface area (TPSA) is 47.7 Å². The van der Waals surface area contributed by atoms with Crippen LogP contribution < -0.4 is 15.2 Å². The minimum atomic E-state index is 0.270. The van der Waals surface area contributed by atoms with E-state index in [-0.39, 0.29) is 6.04 Å². The smallest absolute Gasteiger partial charge is 0.161 e. The van der Waals surface area contributed by atoms with Crippen LogP contribution in [-0.4, -0.2) is 38.8 Å². The summed E-state index contributed by atoms with van der Waals surface area (Å²) in [6, 6.07) is 6.38. The van der Waals surface area contributed by atoms with E-state index < -0.39 is 0 Å². The van der Waals surface area contributed by atoms with Gasteiger partial charge in [0, 0.05) is 19.1 Å². The number of rotatable bonds is 6. The van der Waals surface area contributed by atoms with Crippen LogP contribution in [0.2, 0.25) is 0 Å². The van der Waals surface area contributed by atoms with E-state index in [1.807, 2.05) is 6.07 Å². The van der Waals surface area contributed by atoms with Gasteiger partial charge in [-0.05, 0) is 36.6 Å². The van der Waals surface area contributed by atoms with Gasteiger partial charge in [-0.3, -0.25) is 4.90 Å². The van der Waals surface area contributed by atoms with Crippen molar-refractivity contribution in [2.75, 3.05) is 33.9 Å². The lowest BCUT2D eigenvalue weighted by molar-refractivity contribution is 0.240. The van der Waals surface area contributed by atoms with Gasteiger partial charge in [0.25, 0.3) is 0 Å². The summed E-state index contributed by atoms with van der Waals surface area (Å²) in [6.45, 7) is 5.18. The van der Waals surface area contributed by atoms with Gasteiger partial charge < -0.3 is 15.2 Å². The summed E-state index contributed by atoms with van der Waals surface area (Å²) in [4.78, 5) is 2.50. The molecule has 112 valence electrons. The number of ether oxygens (including phenoxy) is 2. The van der Waals surface area contributed by atoms with Crippen molar-refractivity contribution < 1.29 is 9.47 Å². The molecule has 1 aromatic rings. The molecule has 1 heterocycles. The number of likely N-dealkylation sites (tertiary alicyclic amines) is 1. The number of methoxy groups -OCH3 is 2. The van der Waals surface area contributed by atoms with Gasteiger partial charge in [-0.2, -0.15) is 0 Å². The molecule has 2 unspecified atom stereocenters. The van der Waals surface area contributed by atoms with E-state index in [1.165, 1.54) is 18.4 Å². The van der Waals surface area contributed by atoms with E-state index in [2.05, 4.69) is 24.0 Å². The molecule has 1 aromatic carbocycles. The zero-order valence-electron chi connectivity index (χ0n) is 12.8. The van der Waals surface area contributed by atoms with Crippen molar-refractivity contribution in [1.29, 1.82) is 0 Å². The van der Waals surface area contributed by atoms with Crippen molar-refractivity contribution in [3.05, 3.63) is 23.8 Å². The number of hydrogen-bond donors (Lipinski definition) is 1. The Hall–Kier alpha value is -1.26. The highest BCUT2D eigenvalue weighted by atomic mass is 16.5. The molecule has 0 bridgehead atoms. The summed E-state index contributed by atoms with van der Waals surface area (Å²) in [7, 11) is 3.33. The second-order valence-electron chi connectivity index (χ2n) is 5.42. The van der Waals surface area contributed by atoms with Gasteiger partial charge in [0.2, 0.25) is 0 Å². The van der Waals surface area contributed by atoms with Crippen molar-refractivity contribution in [2.24, 2.45) is 11.7 Å². The molecular formula is C16H26N2O2. The van der Waals surface area contributed by atoms with Crippen molar-refractivity contribution in [1.82, 2.24) is 4.90 Å². The first-order valence-corrected chi connectivity index (χ1v) is 7.39. The van der Waals surface area contributed by atoms with Gasteiger partial charge >= 0.3 is 0 Å². The second kappa shape index (κ2) is 6.95. The van der Waals surface area contributed by atoms with E-state index >= 15 is 0 Å². The molecule has 0 aromatic heterocycles. The lowest BCUT2D eigenvalue weighted by Gasteiger charge is -2.27. The lowest BCUT2D eigenvalue weighted by atomic mass is 10.0. The predicted molar refractivity (Wildman–Crippen MR) is 81.3 cm³/mol. The summed E-state index contributed by atoms with van der Waals surface area (Å²) in [5, 5.41) is 0. The van der Waals surface area contributed by atoms with Gasteiger partial charge in [0.05, 0.1) is 14.2 Å². The van der Waals surface area contributed by atoms with Crippen LogP contribution in [0.3, 0.4) is 0 Å². The summed E-state index contributed by atoms with van der Waals surface area (Å²) in [5.74, 6) is 2.35. The third-order valence-corrected chi connectivity index (χ3v) is 4.35. The number of hydrogen-bond acceptors (Lipinski definition) is 4. The van der Waals surface area contributed by atoms with Crippen molar-refractivity contribution in [3.8, 4) is 11.5 Å². The lowest BCUT2D eigenvalue weighted by Crippen LogP contribution is -2.32. The molecule has 0 spiro atoms. The molecule has 0 radical (unpaired) electrons. The number of nitrogens with two attached hydrogens (primary N) is 1. The number of nitrogens with zero attached hydrogens (tertiary/aromatic N) is 1. The quantitative estimate of drug-likeness (QED) is 0.868. The molecule has 2 atom stereocenters. The van der Waals surface area contributed by atoms with E-state index in [9.17, 15) is 0 Å². The summed E-state index contributed by atoms with van der Waals surface area (Å²) >= 11 is 0. The Morgan fingerprint density at radius 2 is 2.05 bits per heavy atom. The van der Waals surface area contributed by atoms with Gasteiger partial charge in [-0.25, -0.2) is 0 Å². The van der Waals surface area contributed by atoms with Crippen LogP contribution in [-0.2, 0) is 0 Å². The zero-order valence-corrected chi connectivity index (χ0v) is 12.8. The van der Waals surface area contributed by atoms with Gasteiger partial charge in [0.1, 0.15) is 0 Å². The van der Waals surface area contributed by atoms with Gasteiger partial charge in [-0.15, -0.1) is 0 Å². The van der Waals surface area contributed by atoms with Crippen molar-refractivity contribution in [3.63, 3.8) is 0 Å². The van der Waals surface area contributed by atoms with E-state index in [1.54, 1.807) is 14.2 Å². The first-order valence-electron chi connectivity index (χ1n) is 7.39. The molecular weight excluding hydrogens is 252 g/mol. The minimum Gasteiger partial charge on any atom is -0.493 e. The largest absolute Gasteiger partial charge is 0.493 e. The number of benzene rings is 1. The zero-order chi connectivity index (χ0) is 14.5. The molecule has 1 fully saturated rings. The summed E-state index contributed by atoms with van der Waals surface area (Å²) in [5.41, 5.74) is 7.23. The Bertz CT molecular complexity index is 436. The van der Waals surface area contributed by atoms with Crippen LogP contribution >= 0.6 is 0 Å². The fourth-order valence-corrected chi connectivity index (χ4v) is 3.03. The van der Waals surface area contributed by atoms with Crippen LogP contribution in [0.5, 0.6) is 11.5 Å². The molecule has 20 heavy (non-hydrogen) atoms. The minimum absolute atomic E-state index is 0.270. The molecule has 0 saturated carbocycles. The maximum atomic E-state index is 6.02. The molecule has 2 N–H and O–H groups in total. The van der Waals surface area contributed by atoms with Gasteiger partial charge in [-0.1, -0.05) is 19.4 Å². The van der Waals surface area contributed by atoms with Crippen LogP contribution in [0.25, 0.3) is 0 Å². The van der Waals surface area contributed by atoms with E-state index in [0.29, 0.717) is 6.54 Å². The standard InChI is InChI=1S/C16H26N2O2/c1-4-12-7-8-18(11-12)14(10-17)13-5-6-15(19-2)16(9-13)20-3/h5-6,9,12,14H,4,7-8,10-11,17H2,1-3H3. The predicted octanol–water partition coefficient (Wildman–Crippen LogP) is 2.44. The fraction of sp³-hybridized carbons (Fsp3) is 0.625. The highest BCUT2D eigenvalue weighted by molar-refractivity contribution is 5.44.